The van der Waals surface area contributed by atoms with Crippen molar-refractivity contribution in [2.75, 3.05) is 31.1 Å². The van der Waals surface area contributed by atoms with E-state index in [2.05, 4.69) is 0 Å². The van der Waals surface area contributed by atoms with E-state index in [1.807, 2.05) is 6.92 Å². The van der Waals surface area contributed by atoms with Crippen LogP contribution in [0.3, 0.4) is 0 Å². The highest BCUT2D eigenvalue weighted by Gasteiger charge is 2.33. The van der Waals surface area contributed by atoms with Crippen molar-refractivity contribution in [3.8, 4) is 0 Å². The van der Waals surface area contributed by atoms with Crippen LogP contribution in [0.4, 0.5) is 4.39 Å². The van der Waals surface area contributed by atoms with Crippen LogP contribution in [0.5, 0.6) is 0 Å². The summed E-state index contributed by atoms with van der Waals surface area (Å²) < 4.78 is 37.1. The maximum Gasteiger partial charge on any atom is 0.224 e. The molecule has 27 heavy (non-hydrogen) atoms. The molecule has 1 aliphatic heterocycles. The van der Waals surface area contributed by atoms with Gasteiger partial charge in [-0.1, -0.05) is 18.2 Å². The number of halogens is 1. The predicted octanol–water partition coefficient (Wildman–Crippen LogP) is 1.64. The van der Waals surface area contributed by atoms with Gasteiger partial charge in [0.15, 0.2) is 9.84 Å². The first-order valence-corrected chi connectivity index (χ1v) is 11.0. The van der Waals surface area contributed by atoms with E-state index >= 15 is 0 Å². The second-order valence-electron chi connectivity index (χ2n) is 6.83. The van der Waals surface area contributed by atoms with Gasteiger partial charge >= 0.3 is 0 Å². The molecule has 1 unspecified atom stereocenters. The van der Waals surface area contributed by atoms with Gasteiger partial charge in [0.2, 0.25) is 11.8 Å². The average molecular weight is 399 g/mol. The van der Waals surface area contributed by atoms with E-state index in [1.165, 1.54) is 17.9 Å². The van der Waals surface area contributed by atoms with Gasteiger partial charge in [-0.2, -0.15) is 0 Å². The molecule has 6 nitrogen and oxygen atoms in total. The summed E-state index contributed by atoms with van der Waals surface area (Å²) in [6.07, 6.45) is 0.964. The quantitative estimate of drug-likeness (QED) is 0.667. The minimum absolute atomic E-state index is 0.0102. The van der Waals surface area contributed by atoms with Gasteiger partial charge in [0.1, 0.15) is 5.82 Å². The second kappa shape index (κ2) is 9.30. The van der Waals surface area contributed by atoms with Crippen molar-refractivity contribution in [3.05, 3.63) is 35.6 Å². The van der Waals surface area contributed by atoms with E-state index in [0.29, 0.717) is 31.5 Å². The Kier molecular flexibility index (Phi) is 7.35. The van der Waals surface area contributed by atoms with Gasteiger partial charge in [-0.25, -0.2) is 12.8 Å². The Hall–Kier alpha value is -1.96. The van der Waals surface area contributed by atoms with Crippen LogP contribution >= 0.6 is 0 Å². The van der Waals surface area contributed by atoms with Crippen LogP contribution < -0.4 is 0 Å². The molecule has 0 aromatic heterocycles. The van der Waals surface area contributed by atoms with E-state index in [4.69, 9.17) is 0 Å². The van der Waals surface area contributed by atoms with E-state index in [1.54, 1.807) is 23.1 Å². The summed E-state index contributed by atoms with van der Waals surface area (Å²) in [5.41, 5.74) is 0.529. The summed E-state index contributed by atoms with van der Waals surface area (Å²) in [5, 5.41) is 0. The molecule has 0 radical (unpaired) electrons. The van der Waals surface area contributed by atoms with Gasteiger partial charge in [0.25, 0.3) is 0 Å². The first-order chi connectivity index (χ1) is 12.7. The van der Waals surface area contributed by atoms with Crippen LogP contribution in [0.15, 0.2) is 24.3 Å². The fourth-order valence-corrected chi connectivity index (χ4v) is 5.15. The molecule has 1 aliphatic rings. The van der Waals surface area contributed by atoms with Crippen molar-refractivity contribution in [2.45, 2.75) is 39.2 Å². The summed E-state index contributed by atoms with van der Waals surface area (Å²) in [5.74, 6) is -0.515. The van der Waals surface area contributed by atoms with E-state index < -0.39 is 9.84 Å². The summed E-state index contributed by atoms with van der Waals surface area (Å²) >= 11 is 0. The number of benzene rings is 1. The lowest BCUT2D eigenvalue weighted by molar-refractivity contribution is -0.134. The van der Waals surface area contributed by atoms with Crippen molar-refractivity contribution in [2.24, 2.45) is 0 Å². The van der Waals surface area contributed by atoms with Crippen molar-refractivity contribution in [1.29, 1.82) is 0 Å². The first-order valence-electron chi connectivity index (χ1n) is 9.22. The van der Waals surface area contributed by atoms with E-state index in [9.17, 15) is 22.4 Å². The Bertz CT molecular complexity index is 782. The highest BCUT2D eigenvalue weighted by Crippen LogP contribution is 2.18. The lowest BCUT2D eigenvalue weighted by atomic mass is 10.1. The zero-order valence-electron chi connectivity index (χ0n) is 15.9. The van der Waals surface area contributed by atoms with Gasteiger partial charge in [-0.15, -0.1) is 0 Å². The van der Waals surface area contributed by atoms with Crippen molar-refractivity contribution in [3.63, 3.8) is 0 Å². The molecule has 0 aliphatic carbocycles. The maximum absolute atomic E-state index is 13.7. The van der Waals surface area contributed by atoms with Gasteiger partial charge in [0.05, 0.1) is 11.5 Å². The van der Waals surface area contributed by atoms with Crippen LogP contribution in [0.25, 0.3) is 0 Å². The molecule has 8 heteroatoms. The molecule has 2 rings (SSSR count). The summed E-state index contributed by atoms with van der Waals surface area (Å²) in [7, 11) is -3.07. The van der Waals surface area contributed by atoms with Crippen molar-refractivity contribution in [1.82, 2.24) is 9.80 Å². The average Bonchev–Trinajstić information content (AvgIpc) is 2.96. The number of carbonyl (C=O) groups excluding carboxylic acids is 2. The summed E-state index contributed by atoms with van der Waals surface area (Å²) in [6, 6.07) is 6.14. The van der Waals surface area contributed by atoms with Gasteiger partial charge in [0, 0.05) is 39.0 Å². The Balaban J connectivity index is 1.91. The zero-order chi connectivity index (χ0) is 20.0. The Labute approximate surface area is 160 Å². The minimum Gasteiger partial charge on any atom is -0.342 e. The van der Waals surface area contributed by atoms with Crippen molar-refractivity contribution < 1.29 is 22.4 Å². The highest BCUT2D eigenvalue weighted by molar-refractivity contribution is 7.91. The Morgan fingerprint density at radius 3 is 2.48 bits per heavy atom. The molecule has 0 bridgehead atoms. The molecule has 0 saturated carbocycles. The Morgan fingerprint density at radius 1 is 1.22 bits per heavy atom. The van der Waals surface area contributed by atoms with Gasteiger partial charge in [-0.05, 0) is 31.4 Å². The van der Waals surface area contributed by atoms with Crippen LogP contribution in [0.1, 0.15) is 32.3 Å². The van der Waals surface area contributed by atoms with Crippen LogP contribution in [-0.4, -0.2) is 67.2 Å². The topological polar surface area (TPSA) is 74.8 Å². The molecule has 0 N–H and O–H groups in total. The van der Waals surface area contributed by atoms with Crippen LogP contribution in [0, 0.1) is 5.82 Å². The molecule has 1 atom stereocenters. The molecule has 1 aromatic rings. The number of carbonyl (C=O) groups is 2. The summed E-state index contributed by atoms with van der Waals surface area (Å²) in [4.78, 5) is 27.6. The number of rotatable bonds is 8. The third-order valence-corrected chi connectivity index (χ3v) is 6.71. The molecule has 1 saturated heterocycles. The third-order valence-electron chi connectivity index (χ3n) is 4.96. The predicted molar refractivity (Wildman–Crippen MR) is 101 cm³/mol. The molecule has 1 heterocycles. The molecule has 0 spiro atoms. The normalized spacial score (nSPS) is 18.3. The lowest BCUT2D eigenvalue weighted by Crippen LogP contribution is -2.43. The summed E-state index contributed by atoms with van der Waals surface area (Å²) in [6.45, 7) is 4.25. The number of nitrogens with zero attached hydrogens (tertiary/aromatic N) is 2. The standard InChI is InChI=1S/C19H27FN2O4S/c1-3-22(17-10-13-27(25,26)14-17)19(24)9-12-21(15(2)23)11-8-16-6-4-5-7-18(16)20/h4-7,17H,3,8-14H2,1-2H3. The largest absolute Gasteiger partial charge is 0.342 e. The van der Waals surface area contributed by atoms with Crippen LogP contribution in [-0.2, 0) is 25.8 Å². The minimum atomic E-state index is -3.07. The van der Waals surface area contributed by atoms with Gasteiger partial charge < -0.3 is 9.80 Å². The van der Waals surface area contributed by atoms with E-state index in [0.717, 1.165) is 0 Å². The Morgan fingerprint density at radius 2 is 1.93 bits per heavy atom. The zero-order valence-corrected chi connectivity index (χ0v) is 16.7. The maximum atomic E-state index is 13.7. The number of sulfone groups is 1. The number of amides is 2. The molecule has 2 amide bonds. The molecule has 150 valence electrons. The fourth-order valence-electron chi connectivity index (χ4n) is 3.42. The van der Waals surface area contributed by atoms with Crippen molar-refractivity contribution >= 4 is 21.7 Å². The van der Waals surface area contributed by atoms with Gasteiger partial charge in [-0.3, -0.25) is 9.59 Å². The molecule has 1 aromatic carbocycles. The molecular formula is C19H27FN2O4S. The second-order valence-corrected chi connectivity index (χ2v) is 9.06. The first kappa shape index (κ1) is 21.3. The lowest BCUT2D eigenvalue weighted by Gasteiger charge is -2.28. The van der Waals surface area contributed by atoms with Crippen LogP contribution in [0.2, 0.25) is 0 Å². The third kappa shape index (κ3) is 6.02. The molecule has 1 fully saturated rings. The monoisotopic (exact) mass is 398 g/mol. The fraction of sp³-hybridized carbons (Fsp3) is 0.579. The SMILES string of the molecule is CCN(C(=O)CCN(CCc1ccccc1F)C(C)=O)C1CCS(=O)(=O)C1. The number of hydrogen-bond acceptors (Lipinski definition) is 4. The number of hydrogen-bond donors (Lipinski definition) is 0. The molecular weight excluding hydrogens is 371 g/mol. The van der Waals surface area contributed by atoms with E-state index in [-0.39, 0.29) is 48.1 Å². The highest BCUT2D eigenvalue weighted by atomic mass is 32.2. The smallest absolute Gasteiger partial charge is 0.224 e.